The molecule has 0 saturated carbocycles. The molecule has 0 aliphatic heterocycles. The molecule has 160 valence electrons. The van der Waals surface area contributed by atoms with E-state index in [1.807, 2.05) is 42.5 Å². The molecule has 32 heavy (non-hydrogen) atoms. The van der Waals surface area contributed by atoms with Crippen LogP contribution in [0.15, 0.2) is 61.9 Å². The zero-order valence-electron chi connectivity index (χ0n) is 16.9. The summed E-state index contributed by atoms with van der Waals surface area (Å²) >= 11 is 2.94. The van der Waals surface area contributed by atoms with Gasteiger partial charge < -0.3 is 9.40 Å². The molecule has 1 aromatic carbocycles. The van der Waals surface area contributed by atoms with Crippen LogP contribution in [-0.2, 0) is 12.8 Å². The van der Waals surface area contributed by atoms with Gasteiger partial charge in [0, 0.05) is 4.88 Å². The lowest BCUT2D eigenvalue weighted by Gasteiger charge is -2.02. The monoisotopic (exact) mass is 462 g/mol. The van der Waals surface area contributed by atoms with Gasteiger partial charge in [0.25, 0.3) is 5.56 Å². The summed E-state index contributed by atoms with van der Waals surface area (Å²) in [6, 6.07) is 13.3. The number of hydrogen-bond donors (Lipinski definition) is 1. The Bertz CT molecular complexity index is 1470. The Morgan fingerprint density at radius 3 is 2.84 bits per heavy atom. The van der Waals surface area contributed by atoms with E-state index in [0.717, 1.165) is 35.2 Å². The molecule has 0 radical (unpaired) electrons. The molecule has 1 N–H and O–H groups in total. The van der Waals surface area contributed by atoms with E-state index in [9.17, 15) is 4.79 Å². The van der Waals surface area contributed by atoms with E-state index in [1.54, 1.807) is 16.0 Å². The number of hydrogen-bond acceptors (Lipinski definition) is 8. The summed E-state index contributed by atoms with van der Waals surface area (Å²) in [5.74, 6) is 0.947. The molecular formula is C22H18N6O2S2. The number of H-pyrrole nitrogens is 1. The quantitative estimate of drug-likeness (QED) is 0.388. The fourth-order valence-electron chi connectivity index (χ4n) is 4.02. The number of nitrogens with zero attached hydrogens (tertiary/aromatic N) is 5. The van der Waals surface area contributed by atoms with Crippen molar-refractivity contribution >= 4 is 33.3 Å². The van der Waals surface area contributed by atoms with Crippen LogP contribution in [0.3, 0.4) is 0 Å². The highest BCUT2D eigenvalue weighted by Crippen LogP contribution is 2.35. The molecule has 6 rings (SSSR count). The average Bonchev–Trinajstić information content (AvgIpc) is 3.51. The van der Waals surface area contributed by atoms with Crippen LogP contribution >= 0.6 is 23.1 Å². The zero-order valence-corrected chi connectivity index (χ0v) is 18.6. The second kappa shape index (κ2) is 8.03. The number of aromatic nitrogens is 6. The molecule has 5 aromatic rings. The van der Waals surface area contributed by atoms with Crippen molar-refractivity contribution in [1.82, 2.24) is 30.2 Å². The van der Waals surface area contributed by atoms with E-state index in [-0.39, 0.29) is 5.56 Å². The Morgan fingerprint density at radius 1 is 1.06 bits per heavy atom. The standard InChI is InChI=1S/C22H18N6O2S2/c29-20-18-14-9-5-2-6-10-16(14)31-21(18)24-19(23-20)15-11-12-17(30-15)32-22-25-26-27-28(22)13-7-3-1-4-8-13/h1,3-4,7-8,11-12H,2,5-6,9-10H2,(H,23,24,29). The van der Waals surface area contributed by atoms with Crippen molar-refractivity contribution in [1.29, 1.82) is 0 Å². The molecule has 0 fully saturated rings. The van der Waals surface area contributed by atoms with Gasteiger partial charge in [0.05, 0.1) is 11.1 Å². The third kappa shape index (κ3) is 3.45. The summed E-state index contributed by atoms with van der Waals surface area (Å²) in [6.45, 7) is 0. The average molecular weight is 463 g/mol. The van der Waals surface area contributed by atoms with E-state index < -0.39 is 0 Å². The predicted octanol–water partition coefficient (Wildman–Crippen LogP) is 4.64. The van der Waals surface area contributed by atoms with Crippen molar-refractivity contribution in [2.24, 2.45) is 0 Å². The molecule has 0 unspecified atom stereocenters. The number of nitrogens with one attached hydrogen (secondary N) is 1. The second-order valence-electron chi connectivity index (χ2n) is 7.59. The topological polar surface area (TPSA) is 102 Å². The fourth-order valence-corrected chi connectivity index (χ4v) is 6.04. The molecule has 0 spiro atoms. The molecule has 1 aliphatic rings. The summed E-state index contributed by atoms with van der Waals surface area (Å²) in [7, 11) is 0. The van der Waals surface area contributed by atoms with Gasteiger partial charge in [-0.25, -0.2) is 4.98 Å². The number of para-hydroxylation sites is 1. The van der Waals surface area contributed by atoms with Crippen molar-refractivity contribution in [3.63, 3.8) is 0 Å². The summed E-state index contributed by atoms with van der Waals surface area (Å²) in [5.41, 5.74) is 1.95. The number of thiophene rings is 1. The second-order valence-corrected chi connectivity index (χ2v) is 9.64. The summed E-state index contributed by atoms with van der Waals surface area (Å²) in [5, 5.41) is 13.9. The van der Waals surface area contributed by atoms with E-state index in [4.69, 9.17) is 9.40 Å². The van der Waals surface area contributed by atoms with Gasteiger partial charge in [0.15, 0.2) is 16.7 Å². The number of rotatable bonds is 4. The number of aromatic amines is 1. The number of aryl methyl sites for hydroxylation is 2. The SMILES string of the molecule is O=c1[nH]c(-c2ccc(Sc3nnnn3-c3ccccc3)o2)nc2sc3c(c12)CCCCC3. The molecule has 0 bridgehead atoms. The first-order valence-electron chi connectivity index (χ1n) is 10.4. The maximum absolute atomic E-state index is 12.9. The van der Waals surface area contributed by atoms with Crippen LogP contribution in [0.2, 0.25) is 0 Å². The molecule has 0 atom stereocenters. The Hall–Kier alpha value is -3.24. The minimum absolute atomic E-state index is 0.0944. The van der Waals surface area contributed by atoms with Gasteiger partial charge in [-0.15, -0.1) is 16.4 Å². The predicted molar refractivity (Wildman–Crippen MR) is 122 cm³/mol. The molecule has 4 aromatic heterocycles. The number of furan rings is 1. The normalized spacial score (nSPS) is 13.9. The van der Waals surface area contributed by atoms with Crippen LogP contribution in [0.5, 0.6) is 0 Å². The molecule has 10 heteroatoms. The van der Waals surface area contributed by atoms with Crippen LogP contribution in [0.25, 0.3) is 27.5 Å². The van der Waals surface area contributed by atoms with E-state index in [0.29, 0.717) is 21.8 Å². The van der Waals surface area contributed by atoms with Crippen LogP contribution < -0.4 is 5.56 Å². The van der Waals surface area contributed by atoms with Gasteiger partial charge in [0.2, 0.25) is 5.16 Å². The van der Waals surface area contributed by atoms with E-state index >= 15 is 0 Å². The van der Waals surface area contributed by atoms with Crippen LogP contribution in [-0.4, -0.2) is 30.2 Å². The van der Waals surface area contributed by atoms with E-state index in [1.165, 1.54) is 35.0 Å². The molecule has 0 saturated heterocycles. The third-order valence-electron chi connectivity index (χ3n) is 5.52. The van der Waals surface area contributed by atoms with Gasteiger partial charge in [0.1, 0.15) is 4.83 Å². The number of benzene rings is 1. The summed E-state index contributed by atoms with van der Waals surface area (Å²) in [4.78, 5) is 22.7. The van der Waals surface area contributed by atoms with Crippen molar-refractivity contribution in [3.8, 4) is 17.3 Å². The Labute approximate surface area is 190 Å². The van der Waals surface area contributed by atoms with Crippen molar-refractivity contribution in [2.75, 3.05) is 0 Å². The zero-order chi connectivity index (χ0) is 21.5. The third-order valence-corrected chi connectivity index (χ3v) is 7.57. The Kier molecular flexibility index (Phi) is 4.88. The van der Waals surface area contributed by atoms with Crippen molar-refractivity contribution < 1.29 is 4.42 Å². The lowest BCUT2D eigenvalue weighted by Crippen LogP contribution is -2.09. The smallest absolute Gasteiger partial charge is 0.260 e. The molecular weight excluding hydrogens is 444 g/mol. The first-order chi connectivity index (χ1) is 15.8. The highest BCUT2D eigenvalue weighted by molar-refractivity contribution is 7.99. The molecule has 1 aliphatic carbocycles. The maximum Gasteiger partial charge on any atom is 0.260 e. The Balaban J connectivity index is 1.32. The van der Waals surface area contributed by atoms with Gasteiger partial charge in [-0.3, -0.25) is 4.79 Å². The van der Waals surface area contributed by atoms with E-state index in [2.05, 4.69) is 20.5 Å². The van der Waals surface area contributed by atoms with Crippen LogP contribution in [0.4, 0.5) is 0 Å². The van der Waals surface area contributed by atoms with Crippen molar-refractivity contribution in [2.45, 2.75) is 42.4 Å². The largest absolute Gasteiger partial charge is 0.446 e. The number of fused-ring (bicyclic) bond motifs is 3. The fraction of sp³-hybridized carbons (Fsp3) is 0.227. The highest BCUT2D eigenvalue weighted by atomic mass is 32.2. The van der Waals surface area contributed by atoms with Gasteiger partial charge in [-0.1, -0.05) is 24.6 Å². The van der Waals surface area contributed by atoms with Crippen LogP contribution in [0.1, 0.15) is 29.7 Å². The summed E-state index contributed by atoms with van der Waals surface area (Å²) < 4.78 is 7.64. The maximum atomic E-state index is 12.9. The lowest BCUT2D eigenvalue weighted by molar-refractivity contribution is 0.483. The van der Waals surface area contributed by atoms with Gasteiger partial charge in [-0.2, -0.15) is 4.68 Å². The lowest BCUT2D eigenvalue weighted by atomic mass is 10.1. The highest BCUT2D eigenvalue weighted by Gasteiger charge is 2.20. The summed E-state index contributed by atoms with van der Waals surface area (Å²) in [6.07, 6.45) is 5.50. The first-order valence-corrected chi connectivity index (χ1v) is 12.1. The molecule has 8 nitrogen and oxygen atoms in total. The van der Waals surface area contributed by atoms with Gasteiger partial charge >= 0.3 is 0 Å². The minimum Gasteiger partial charge on any atom is -0.446 e. The first kappa shape index (κ1) is 19.4. The molecule has 0 amide bonds. The Morgan fingerprint density at radius 2 is 1.94 bits per heavy atom. The van der Waals surface area contributed by atoms with Crippen LogP contribution in [0, 0.1) is 0 Å². The molecule has 4 heterocycles. The minimum atomic E-state index is -0.0944. The number of tetrazole rings is 1. The van der Waals surface area contributed by atoms with Gasteiger partial charge in [-0.05, 0) is 77.7 Å². The van der Waals surface area contributed by atoms with Crippen molar-refractivity contribution in [3.05, 3.63) is 63.3 Å².